The van der Waals surface area contributed by atoms with Gasteiger partial charge in [0.1, 0.15) is 0 Å². The van der Waals surface area contributed by atoms with E-state index in [-0.39, 0.29) is 32.7 Å². The number of hydrogen-bond donors (Lipinski definition) is 1. The van der Waals surface area contributed by atoms with E-state index in [1.165, 1.54) is 0 Å². The molecule has 1 nitrogen and oxygen atoms in total. The van der Waals surface area contributed by atoms with Crippen LogP contribution in [0.3, 0.4) is 0 Å². The molecule has 0 aromatic heterocycles. The summed E-state index contributed by atoms with van der Waals surface area (Å²) in [6.45, 7) is 8.45. The van der Waals surface area contributed by atoms with Gasteiger partial charge >= 0.3 is 0 Å². The third kappa shape index (κ3) is 11.0. The van der Waals surface area contributed by atoms with E-state index in [4.69, 9.17) is 5.11 Å². The van der Waals surface area contributed by atoms with Crippen molar-refractivity contribution in [3.63, 3.8) is 0 Å². The van der Waals surface area contributed by atoms with Crippen molar-refractivity contribution in [2.45, 2.75) is 18.9 Å². The van der Waals surface area contributed by atoms with Crippen LogP contribution in [0.25, 0.3) is 0 Å². The summed E-state index contributed by atoms with van der Waals surface area (Å²) in [4.78, 5) is 0. The number of hydrogen-bond acceptors (Lipinski definition) is 1. The molecule has 0 heterocycles. The molecule has 0 saturated carbocycles. The Hall–Kier alpha value is 1.06. The minimum atomic E-state index is -0.819. The molecule has 0 fully saturated rings. The predicted octanol–water partition coefficient (Wildman–Crippen LogP) is 0.793. The zero-order valence-electron chi connectivity index (χ0n) is 4.65. The molecule has 41 valence electrons. The SMILES string of the molecule is [CH2-]CC([CH2-])(C)O.[Y]. The van der Waals surface area contributed by atoms with Gasteiger partial charge < -0.3 is 19.0 Å². The Bertz CT molecular complexity index is 37.8. The molecular weight excluding hydrogens is 165 g/mol. The molecule has 0 rings (SSSR count). The Morgan fingerprint density at radius 2 is 1.86 bits per heavy atom. The Labute approximate surface area is 70.4 Å². The fraction of sp³-hybridized carbons (Fsp3) is 0.600. The van der Waals surface area contributed by atoms with Crippen LogP contribution in [-0.2, 0) is 32.7 Å². The van der Waals surface area contributed by atoms with Crippen LogP contribution in [-0.4, -0.2) is 10.7 Å². The summed E-state index contributed by atoms with van der Waals surface area (Å²) in [7, 11) is 0. The molecule has 1 N–H and O–H groups in total. The van der Waals surface area contributed by atoms with Gasteiger partial charge in [0.05, 0.1) is 0 Å². The van der Waals surface area contributed by atoms with Crippen LogP contribution in [0.5, 0.6) is 0 Å². The van der Waals surface area contributed by atoms with Crippen LogP contribution >= 0.6 is 0 Å². The first kappa shape index (κ1) is 10.9. The Balaban J connectivity index is 0. The fourth-order valence-electron chi connectivity index (χ4n) is 0. The van der Waals surface area contributed by atoms with E-state index in [1.54, 1.807) is 6.92 Å². The summed E-state index contributed by atoms with van der Waals surface area (Å²) in [5, 5.41) is 8.65. The average Bonchev–Trinajstić information content (AvgIpc) is 1.35. The summed E-state index contributed by atoms with van der Waals surface area (Å²) in [5.74, 6) is 0. The molecule has 0 saturated heterocycles. The molecule has 0 spiro atoms. The van der Waals surface area contributed by atoms with Gasteiger partial charge in [0.2, 0.25) is 0 Å². The quantitative estimate of drug-likeness (QED) is 0.584. The maximum absolute atomic E-state index is 8.65. The van der Waals surface area contributed by atoms with Crippen LogP contribution in [0.1, 0.15) is 13.3 Å². The molecule has 0 aliphatic rings. The van der Waals surface area contributed by atoms with E-state index in [9.17, 15) is 0 Å². The Morgan fingerprint density at radius 3 is 1.86 bits per heavy atom. The summed E-state index contributed by atoms with van der Waals surface area (Å²) >= 11 is 0. The maximum Gasteiger partial charge on any atom is 0 e. The standard InChI is InChI=1S/C5H10O.Y/c1-4-5(2,3)6;/h6H,1-2,4H2,3H3;/q-2;. The van der Waals surface area contributed by atoms with Crippen LogP contribution in [0.4, 0.5) is 0 Å². The average molecular weight is 175 g/mol. The fourth-order valence-corrected chi connectivity index (χ4v) is 0. The third-order valence-electron chi connectivity index (χ3n) is 0.539. The molecular formula is C5H10OY-2. The van der Waals surface area contributed by atoms with Crippen molar-refractivity contribution in [3.8, 4) is 0 Å². The van der Waals surface area contributed by atoms with E-state index < -0.39 is 5.60 Å². The van der Waals surface area contributed by atoms with Crippen molar-refractivity contribution in [1.82, 2.24) is 0 Å². The smallest absolute Gasteiger partial charge is 0 e. The van der Waals surface area contributed by atoms with Gasteiger partial charge in [-0.25, -0.2) is 0 Å². The monoisotopic (exact) mass is 175 g/mol. The minimum Gasteiger partial charge on any atom is -0.425 e. The maximum atomic E-state index is 8.65. The number of rotatable bonds is 1. The van der Waals surface area contributed by atoms with Crippen molar-refractivity contribution in [1.29, 1.82) is 0 Å². The molecule has 0 aliphatic carbocycles. The molecule has 0 aromatic rings. The summed E-state index contributed by atoms with van der Waals surface area (Å²) < 4.78 is 0. The number of aliphatic hydroxyl groups is 1. The topological polar surface area (TPSA) is 20.2 Å². The van der Waals surface area contributed by atoms with E-state index in [0.29, 0.717) is 6.42 Å². The summed E-state index contributed by atoms with van der Waals surface area (Å²) in [6.07, 6.45) is 0.465. The molecule has 2 heteroatoms. The first-order valence-corrected chi connectivity index (χ1v) is 1.93. The third-order valence-corrected chi connectivity index (χ3v) is 0.539. The normalized spacial score (nSPS) is 17.1. The van der Waals surface area contributed by atoms with Crippen molar-refractivity contribution < 1.29 is 37.8 Å². The van der Waals surface area contributed by atoms with E-state index in [1.807, 2.05) is 0 Å². The van der Waals surface area contributed by atoms with Gasteiger partial charge in [-0.15, -0.1) is 0 Å². The molecule has 0 amide bonds. The Kier molecular flexibility index (Phi) is 6.24. The van der Waals surface area contributed by atoms with Crippen molar-refractivity contribution in [2.24, 2.45) is 0 Å². The van der Waals surface area contributed by atoms with Gasteiger partial charge in [0.15, 0.2) is 0 Å². The molecule has 1 radical (unpaired) electrons. The zero-order chi connectivity index (χ0) is 5.21. The van der Waals surface area contributed by atoms with Gasteiger partial charge in [0.25, 0.3) is 0 Å². The molecule has 0 aliphatic heterocycles. The van der Waals surface area contributed by atoms with Gasteiger partial charge in [-0.3, -0.25) is 0 Å². The van der Waals surface area contributed by atoms with Crippen molar-refractivity contribution in [3.05, 3.63) is 13.8 Å². The predicted molar refractivity (Wildman–Crippen MR) is 26.0 cm³/mol. The molecule has 1 atom stereocenters. The van der Waals surface area contributed by atoms with E-state index >= 15 is 0 Å². The molecule has 0 bridgehead atoms. The van der Waals surface area contributed by atoms with Crippen LogP contribution in [0, 0.1) is 13.8 Å². The summed E-state index contributed by atoms with van der Waals surface area (Å²) in [5.41, 5.74) is -0.819. The van der Waals surface area contributed by atoms with Gasteiger partial charge in [-0.1, -0.05) is 12.5 Å². The van der Waals surface area contributed by atoms with Gasteiger partial charge in [-0.2, -0.15) is 6.42 Å². The van der Waals surface area contributed by atoms with Gasteiger partial charge in [-0.05, 0) is 0 Å². The summed E-state index contributed by atoms with van der Waals surface area (Å²) in [6, 6.07) is 0. The van der Waals surface area contributed by atoms with E-state index in [2.05, 4.69) is 13.8 Å². The van der Waals surface area contributed by atoms with Crippen LogP contribution in [0.15, 0.2) is 0 Å². The first-order valence-electron chi connectivity index (χ1n) is 1.93. The Morgan fingerprint density at radius 1 is 1.71 bits per heavy atom. The van der Waals surface area contributed by atoms with E-state index in [0.717, 1.165) is 0 Å². The second kappa shape index (κ2) is 3.99. The van der Waals surface area contributed by atoms with Crippen LogP contribution < -0.4 is 0 Å². The zero-order valence-corrected chi connectivity index (χ0v) is 7.48. The largest absolute Gasteiger partial charge is 0.425 e. The van der Waals surface area contributed by atoms with Gasteiger partial charge in [0, 0.05) is 32.7 Å². The first-order chi connectivity index (χ1) is 2.56. The van der Waals surface area contributed by atoms with Crippen LogP contribution in [0.2, 0.25) is 0 Å². The second-order valence-corrected chi connectivity index (χ2v) is 1.75. The van der Waals surface area contributed by atoms with Crippen molar-refractivity contribution in [2.75, 3.05) is 0 Å². The second-order valence-electron chi connectivity index (χ2n) is 1.75. The molecule has 7 heavy (non-hydrogen) atoms. The van der Waals surface area contributed by atoms with Crippen molar-refractivity contribution >= 4 is 0 Å². The molecule has 1 unspecified atom stereocenters. The molecule has 0 aromatic carbocycles. The minimum absolute atomic E-state index is 0.